The first kappa shape index (κ1) is 18.4. The van der Waals surface area contributed by atoms with Crippen molar-refractivity contribution in [2.45, 2.75) is 18.8 Å². The van der Waals surface area contributed by atoms with Crippen LogP contribution in [0.4, 0.5) is 13.2 Å². The van der Waals surface area contributed by atoms with E-state index < -0.39 is 23.0 Å². The van der Waals surface area contributed by atoms with E-state index >= 15 is 0 Å². The molecule has 1 aromatic heterocycles. The first-order chi connectivity index (χ1) is 12.3. The zero-order chi connectivity index (χ0) is 18.9. The predicted molar refractivity (Wildman–Crippen MR) is 87.8 cm³/mol. The largest absolute Gasteiger partial charge is 0.507 e. The van der Waals surface area contributed by atoms with Crippen molar-refractivity contribution in [2.24, 2.45) is 0 Å². The van der Waals surface area contributed by atoms with Gasteiger partial charge in [-0.15, -0.1) is 0 Å². The number of aromatic nitrogens is 2. The van der Waals surface area contributed by atoms with Crippen molar-refractivity contribution in [2.75, 3.05) is 26.7 Å². The lowest BCUT2D eigenvalue weighted by atomic mass is 10.0. The fourth-order valence-electron chi connectivity index (χ4n) is 2.90. The van der Waals surface area contributed by atoms with Crippen molar-refractivity contribution in [1.82, 2.24) is 14.5 Å². The molecule has 0 unspecified atom stereocenters. The molecule has 3 rings (SSSR count). The third-order valence-electron chi connectivity index (χ3n) is 4.26. The molecule has 1 N–H and O–H groups in total. The molecule has 0 aliphatic carbocycles. The average molecular weight is 369 g/mol. The molecule has 1 aliphatic heterocycles. The quantitative estimate of drug-likeness (QED) is 0.896. The Kier molecular flexibility index (Phi) is 5.01. The van der Waals surface area contributed by atoms with E-state index in [4.69, 9.17) is 4.74 Å². The summed E-state index contributed by atoms with van der Waals surface area (Å²) in [6.45, 7) is 2.29. The molecule has 0 bridgehead atoms. The fraction of sp³-hybridized carbons (Fsp3) is 0.412. The molecule has 1 aliphatic rings. The second-order valence-electron chi connectivity index (χ2n) is 6.25. The minimum Gasteiger partial charge on any atom is -0.507 e. The number of aromatic hydroxyl groups is 1. The molecule has 140 valence electrons. The van der Waals surface area contributed by atoms with Crippen LogP contribution in [0.2, 0.25) is 0 Å². The van der Waals surface area contributed by atoms with Gasteiger partial charge in [-0.25, -0.2) is 4.98 Å². The number of phenols is 1. The molecule has 1 fully saturated rings. The van der Waals surface area contributed by atoms with Gasteiger partial charge in [-0.1, -0.05) is 0 Å². The Balaban J connectivity index is 1.91. The molecule has 1 saturated heterocycles. The van der Waals surface area contributed by atoms with Crippen molar-refractivity contribution >= 4 is 0 Å². The number of hydrogen-bond acceptors (Lipinski definition) is 5. The predicted octanol–water partition coefficient (Wildman–Crippen LogP) is 1.97. The van der Waals surface area contributed by atoms with E-state index in [2.05, 4.69) is 9.88 Å². The van der Waals surface area contributed by atoms with Crippen LogP contribution in [0.15, 0.2) is 35.5 Å². The van der Waals surface area contributed by atoms with Gasteiger partial charge in [-0.2, -0.15) is 13.2 Å². The summed E-state index contributed by atoms with van der Waals surface area (Å²) in [5, 5.41) is 9.97. The molecular weight excluding hydrogens is 351 g/mol. The van der Waals surface area contributed by atoms with Gasteiger partial charge in [0.05, 0.1) is 36.7 Å². The molecule has 0 radical (unpaired) electrons. The number of phenolic OH excluding ortho intramolecular Hbond substituents is 1. The van der Waals surface area contributed by atoms with E-state index in [0.717, 1.165) is 18.7 Å². The van der Waals surface area contributed by atoms with Gasteiger partial charge in [0.1, 0.15) is 5.75 Å². The van der Waals surface area contributed by atoms with Crippen molar-refractivity contribution < 1.29 is 23.0 Å². The Morgan fingerprint density at radius 2 is 2.12 bits per heavy atom. The molecule has 26 heavy (non-hydrogen) atoms. The van der Waals surface area contributed by atoms with E-state index in [0.29, 0.717) is 19.2 Å². The number of rotatable bonds is 3. The molecule has 0 spiro atoms. The standard InChI is InChI=1S/C17H18F3N3O3/c1-22-4-5-26-12(8-22)9-23-10-21-7-14(16(23)25)13-3-2-11(6-15(13)24)17(18,19)20/h2-3,6-7,10,12,24H,4-5,8-9H2,1H3/t12-/m0/s1. The molecule has 1 aromatic carbocycles. The minimum absolute atomic E-state index is 0.00605. The third kappa shape index (κ3) is 3.88. The van der Waals surface area contributed by atoms with E-state index in [1.807, 2.05) is 7.05 Å². The van der Waals surface area contributed by atoms with E-state index in [-0.39, 0.29) is 23.8 Å². The molecule has 0 amide bonds. The number of nitrogens with zero attached hydrogens (tertiary/aromatic N) is 3. The van der Waals surface area contributed by atoms with Crippen LogP contribution in [0, 0.1) is 0 Å². The van der Waals surface area contributed by atoms with Crippen LogP contribution in [0.5, 0.6) is 5.75 Å². The monoisotopic (exact) mass is 369 g/mol. The van der Waals surface area contributed by atoms with Crippen LogP contribution in [0.1, 0.15) is 5.56 Å². The Hall–Kier alpha value is -2.39. The number of ether oxygens (including phenoxy) is 1. The molecule has 1 atom stereocenters. The summed E-state index contributed by atoms with van der Waals surface area (Å²) in [4.78, 5) is 18.7. The molecule has 6 nitrogen and oxygen atoms in total. The van der Waals surface area contributed by atoms with E-state index in [1.165, 1.54) is 17.1 Å². The SMILES string of the molecule is CN1CCO[C@H](Cn2cncc(-c3ccc(C(F)(F)F)cc3O)c2=O)C1. The maximum Gasteiger partial charge on any atom is 0.416 e. The lowest BCUT2D eigenvalue weighted by molar-refractivity contribution is -0.137. The van der Waals surface area contributed by atoms with Crippen LogP contribution in [0.3, 0.4) is 0 Å². The molecule has 0 saturated carbocycles. The maximum absolute atomic E-state index is 12.7. The smallest absolute Gasteiger partial charge is 0.416 e. The first-order valence-electron chi connectivity index (χ1n) is 8.01. The number of hydrogen-bond donors (Lipinski definition) is 1. The summed E-state index contributed by atoms with van der Waals surface area (Å²) < 4.78 is 45.2. The number of alkyl halides is 3. The van der Waals surface area contributed by atoms with Gasteiger partial charge in [0.15, 0.2) is 0 Å². The number of morpholine rings is 1. The fourth-order valence-corrected chi connectivity index (χ4v) is 2.90. The number of halogens is 3. The van der Waals surface area contributed by atoms with Gasteiger partial charge < -0.3 is 14.7 Å². The Labute approximate surface area is 147 Å². The van der Waals surface area contributed by atoms with Crippen LogP contribution < -0.4 is 5.56 Å². The summed E-state index contributed by atoms with van der Waals surface area (Å²) in [5.74, 6) is -0.620. The van der Waals surface area contributed by atoms with Gasteiger partial charge in [0, 0.05) is 24.8 Å². The van der Waals surface area contributed by atoms with Gasteiger partial charge in [-0.05, 0) is 25.2 Å². The summed E-state index contributed by atoms with van der Waals surface area (Å²) in [7, 11) is 1.95. The van der Waals surface area contributed by atoms with Gasteiger partial charge in [0.25, 0.3) is 5.56 Å². The zero-order valence-electron chi connectivity index (χ0n) is 14.0. The second kappa shape index (κ2) is 7.08. The summed E-state index contributed by atoms with van der Waals surface area (Å²) in [5.41, 5.74) is -1.40. The lowest BCUT2D eigenvalue weighted by Crippen LogP contribution is -2.43. The Morgan fingerprint density at radius 1 is 1.35 bits per heavy atom. The van der Waals surface area contributed by atoms with Crippen LogP contribution in [-0.2, 0) is 17.5 Å². The Bertz CT molecular complexity index is 851. The highest BCUT2D eigenvalue weighted by molar-refractivity contribution is 5.69. The molecule has 9 heteroatoms. The van der Waals surface area contributed by atoms with Crippen LogP contribution >= 0.6 is 0 Å². The summed E-state index contributed by atoms with van der Waals surface area (Å²) in [6.07, 6.45) is -2.18. The van der Waals surface area contributed by atoms with Gasteiger partial charge >= 0.3 is 6.18 Å². The van der Waals surface area contributed by atoms with E-state index in [1.54, 1.807) is 0 Å². The second-order valence-corrected chi connectivity index (χ2v) is 6.25. The first-order valence-corrected chi connectivity index (χ1v) is 8.01. The zero-order valence-corrected chi connectivity index (χ0v) is 14.0. The highest BCUT2D eigenvalue weighted by Gasteiger charge is 2.31. The minimum atomic E-state index is -4.57. The summed E-state index contributed by atoms with van der Waals surface area (Å²) in [6, 6.07) is 2.50. The van der Waals surface area contributed by atoms with Crippen LogP contribution in [-0.4, -0.2) is 52.4 Å². The molecule has 2 heterocycles. The van der Waals surface area contributed by atoms with Gasteiger partial charge in [-0.3, -0.25) is 9.36 Å². The van der Waals surface area contributed by atoms with E-state index in [9.17, 15) is 23.1 Å². The molecule has 2 aromatic rings. The normalized spacial score (nSPS) is 18.8. The number of likely N-dealkylation sites (N-methyl/N-ethyl adjacent to an activating group) is 1. The third-order valence-corrected chi connectivity index (χ3v) is 4.26. The summed E-state index contributed by atoms with van der Waals surface area (Å²) >= 11 is 0. The van der Waals surface area contributed by atoms with Crippen molar-refractivity contribution in [1.29, 1.82) is 0 Å². The lowest BCUT2D eigenvalue weighted by Gasteiger charge is -2.30. The van der Waals surface area contributed by atoms with Crippen molar-refractivity contribution in [3.63, 3.8) is 0 Å². The average Bonchev–Trinajstić information content (AvgIpc) is 2.56. The van der Waals surface area contributed by atoms with Gasteiger partial charge in [0.2, 0.25) is 0 Å². The number of benzene rings is 1. The highest BCUT2D eigenvalue weighted by Crippen LogP contribution is 2.35. The van der Waals surface area contributed by atoms with Crippen molar-refractivity contribution in [3.8, 4) is 16.9 Å². The topological polar surface area (TPSA) is 67.6 Å². The highest BCUT2D eigenvalue weighted by atomic mass is 19.4. The molecular formula is C17H18F3N3O3. The Morgan fingerprint density at radius 3 is 2.77 bits per heavy atom. The van der Waals surface area contributed by atoms with Crippen molar-refractivity contribution in [3.05, 3.63) is 46.6 Å². The maximum atomic E-state index is 12.7. The van der Waals surface area contributed by atoms with Crippen LogP contribution in [0.25, 0.3) is 11.1 Å².